The lowest BCUT2D eigenvalue weighted by Gasteiger charge is -2.16. The molecule has 0 bridgehead atoms. The van der Waals surface area contributed by atoms with Crippen LogP contribution in [0.25, 0.3) is 0 Å². The van der Waals surface area contributed by atoms with Crippen LogP contribution in [-0.2, 0) is 11.3 Å². The van der Waals surface area contributed by atoms with Gasteiger partial charge >= 0.3 is 5.97 Å². The Bertz CT molecular complexity index is 641. The van der Waals surface area contributed by atoms with Gasteiger partial charge in [0.25, 0.3) is 0 Å². The third-order valence-electron chi connectivity index (χ3n) is 3.22. The summed E-state index contributed by atoms with van der Waals surface area (Å²) in [5, 5.41) is 11.9. The maximum Gasteiger partial charge on any atom is 0.305 e. The van der Waals surface area contributed by atoms with Crippen LogP contribution in [0.2, 0.25) is 0 Å². The number of rotatable bonds is 7. The van der Waals surface area contributed by atoms with E-state index in [1.165, 1.54) is 24.3 Å². The molecule has 2 rings (SSSR count). The van der Waals surface area contributed by atoms with Crippen molar-refractivity contribution in [3.63, 3.8) is 0 Å². The van der Waals surface area contributed by atoms with Crippen molar-refractivity contribution in [1.82, 2.24) is 5.32 Å². The predicted molar refractivity (Wildman–Crippen MR) is 80.1 cm³/mol. The number of hydrogen-bond donors (Lipinski definition) is 2. The smallest absolute Gasteiger partial charge is 0.305 e. The SMILES string of the molecule is O=C(O)CC(NCc1ccccc1)C(=O)c1ccc(F)cc1. The standard InChI is InChI=1S/C17H16FNO3/c18-14-8-6-13(7-9-14)17(22)15(10-16(20)21)19-11-12-4-2-1-3-5-12/h1-9,15,19H,10-11H2,(H,20,21). The van der Waals surface area contributed by atoms with E-state index in [1.807, 2.05) is 30.3 Å². The second-order valence-corrected chi connectivity index (χ2v) is 4.89. The molecule has 0 spiro atoms. The van der Waals surface area contributed by atoms with Gasteiger partial charge in [-0.1, -0.05) is 30.3 Å². The molecule has 2 aromatic rings. The number of carbonyl (C=O) groups is 2. The van der Waals surface area contributed by atoms with Crippen molar-refractivity contribution in [2.45, 2.75) is 19.0 Å². The summed E-state index contributed by atoms with van der Waals surface area (Å²) in [5.41, 5.74) is 1.23. The third kappa shape index (κ3) is 4.49. The van der Waals surface area contributed by atoms with Gasteiger partial charge in [-0.3, -0.25) is 9.59 Å². The van der Waals surface area contributed by atoms with Crippen LogP contribution in [0.1, 0.15) is 22.3 Å². The maximum atomic E-state index is 12.9. The molecule has 0 aliphatic heterocycles. The number of carboxylic acid groups (broad SMARTS) is 1. The average molecular weight is 301 g/mol. The molecule has 0 radical (unpaired) electrons. The number of halogens is 1. The van der Waals surface area contributed by atoms with Gasteiger partial charge in [-0.2, -0.15) is 0 Å². The Hall–Kier alpha value is -2.53. The lowest BCUT2D eigenvalue weighted by molar-refractivity contribution is -0.137. The van der Waals surface area contributed by atoms with E-state index in [9.17, 15) is 14.0 Å². The first kappa shape index (κ1) is 15.9. The molecule has 114 valence electrons. The highest BCUT2D eigenvalue weighted by atomic mass is 19.1. The van der Waals surface area contributed by atoms with E-state index < -0.39 is 17.8 Å². The number of nitrogens with one attached hydrogen (secondary N) is 1. The third-order valence-corrected chi connectivity index (χ3v) is 3.22. The summed E-state index contributed by atoms with van der Waals surface area (Å²) < 4.78 is 12.9. The van der Waals surface area contributed by atoms with Crippen LogP contribution in [-0.4, -0.2) is 22.9 Å². The van der Waals surface area contributed by atoms with Gasteiger partial charge in [0.15, 0.2) is 5.78 Å². The number of hydrogen-bond acceptors (Lipinski definition) is 3. The number of Topliss-reactive ketones (excluding diaryl/α,β-unsaturated/α-hetero) is 1. The molecule has 0 aliphatic rings. The van der Waals surface area contributed by atoms with Crippen LogP contribution < -0.4 is 5.32 Å². The minimum atomic E-state index is -1.07. The van der Waals surface area contributed by atoms with E-state index in [1.54, 1.807) is 0 Å². The Morgan fingerprint density at radius 1 is 1.05 bits per heavy atom. The highest BCUT2D eigenvalue weighted by molar-refractivity contribution is 6.01. The quantitative estimate of drug-likeness (QED) is 0.772. The van der Waals surface area contributed by atoms with E-state index >= 15 is 0 Å². The fourth-order valence-electron chi connectivity index (χ4n) is 2.08. The number of carboxylic acids is 1. The predicted octanol–water partition coefficient (Wildman–Crippen LogP) is 2.64. The Labute approximate surface area is 127 Å². The molecule has 1 atom stereocenters. The van der Waals surface area contributed by atoms with Crippen LogP contribution >= 0.6 is 0 Å². The van der Waals surface area contributed by atoms with Crippen LogP contribution in [0.4, 0.5) is 4.39 Å². The van der Waals surface area contributed by atoms with Crippen molar-refractivity contribution in [2.24, 2.45) is 0 Å². The van der Waals surface area contributed by atoms with Crippen molar-refractivity contribution in [3.05, 3.63) is 71.5 Å². The molecule has 1 unspecified atom stereocenters. The molecule has 5 heteroatoms. The Morgan fingerprint density at radius 3 is 2.27 bits per heavy atom. The zero-order valence-corrected chi connectivity index (χ0v) is 11.8. The fourth-order valence-corrected chi connectivity index (χ4v) is 2.08. The Kier molecular flexibility index (Phi) is 5.38. The second kappa shape index (κ2) is 7.47. The van der Waals surface area contributed by atoms with Gasteiger partial charge < -0.3 is 10.4 Å². The first-order chi connectivity index (χ1) is 10.6. The topological polar surface area (TPSA) is 66.4 Å². The summed E-state index contributed by atoms with van der Waals surface area (Å²) in [4.78, 5) is 23.3. The lowest BCUT2D eigenvalue weighted by Crippen LogP contribution is -2.38. The van der Waals surface area contributed by atoms with Crippen molar-refractivity contribution in [1.29, 1.82) is 0 Å². The molecule has 0 saturated heterocycles. The van der Waals surface area contributed by atoms with Gasteiger partial charge in [-0.05, 0) is 29.8 Å². The monoisotopic (exact) mass is 301 g/mol. The minimum absolute atomic E-state index is 0.285. The number of carbonyl (C=O) groups excluding carboxylic acids is 1. The zero-order valence-electron chi connectivity index (χ0n) is 11.8. The average Bonchev–Trinajstić information content (AvgIpc) is 2.52. The number of benzene rings is 2. The molecule has 2 aromatic carbocycles. The van der Waals surface area contributed by atoms with E-state index in [0.29, 0.717) is 6.54 Å². The molecule has 4 nitrogen and oxygen atoms in total. The molecule has 0 aliphatic carbocycles. The fraction of sp³-hybridized carbons (Fsp3) is 0.176. The summed E-state index contributed by atoms with van der Waals surface area (Å²) in [6.07, 6.45) is -0.330. The van der Waals surface area contributed by atoms with Gasteiger partial charge in [0.05, 0.1) is 12.5 Å². The molecule has 0 saturated carbocycles. The van der Waals surface area contributed by atoms with E-state index in [0.717, 1.165) is 5.56 Å². The van der Waals surface area contributed by atoms with E-state index in [-0.39, 0.29) is 17.8 Å². The largest absolute Gasteiger partial charge is 0.481 e. The van der Waals surface area contributed by atoms with Crippen molar-refractivity contribution >= 4 is 11.8 Å². The molecule has 0 fully saturated rings. The molecular weight excluding hydrogens is 285 g/mol. The molecule has 0 heterocycles. The maximum absolute atomic E-state index is 12.9. The summed E-state index contributed by atoms with van der Waals surface area (Å²) in [6.45, 7) is 0.381. The second-order valence-electron chi connectivity index (χ2n) is 4.89. The first-order valence-electron chi connectivity index (χ1n) is 6.85. The first-order valence-corrected chi connectivity index (χ1v) is 6.85. The normalized spacial score (nSPS) is 11.9. The summed E-state index contributed by atoms with van der Waals surface area (Å²) in [7, 11) is 0. The molecule has 2 N–H and O–H groups in total. The highest BCUT2D eigenvalue weighted by Crippen LogP contribution is 2.09. The molecule has 0 amide bonds. The van der Waals surface area contributed by atoms with Crippen molar-refractivity contribution in [3.8, 4) is 0 Å². The van der Waals surface area contributed by atoms with Crippen LogP contribution in [0.5, 0.6) is 0 Å². The summed E-state index contributed by atoms with van der Waals surface area (Å²) >= 11 is 0. The van der Waals surface area contributed by atoms with Gasteiger partial charge in [-0.15, -0.1) is 0 Å². The lowest BCUT2D eigenvalue weighted by atomic mass is 10.0. The van der Waals surface area contributed by atoms with Gasteiger partial charge in [0.2, 0.25) is 0 Å². The highest BCUT2D eigenvalue weighted by Gasteiger charge is 2.22. The Balaban J connectivity index is 2.09. The Morgan fingerprint density at radius 2 is 1.68 bits per heavy atom. The molecule has 22 heavy (non-hydrogen) atoms. The van der Waals surface area contributed by atoms with Crippen LogP contribution in [0.3, 0.4) is 0 Å². The molecule has 0 aromatic heterocycles. The minimum Gasteiger partial charge on any atom is -0.481 e. The van der Waals surface area contributed by atoms with E-state index in [2.05, 4.69) is 5.32 Å². The van der Waals surface area contributed by atoms with Gasteiger partial charge in [0, 0.05) is 12.1 Å². The summed E-state index contributed by atoms with van der Waals surface area (Å²) in [5.74, 6) is -1.87. The van der Waals surface area contributed by atoms with Crippen molar-refractivity contribution in [2.75, 3.05) is 0 Å². The van der Waals surface area contributed by atoms with Crippen LogP contribution in [0.15, 0.2) is 54.6 Å². The van der Waals surface area contributed by atoms with Gasteiger partial charge in [-0.25, -0.2) is 4.39 Å². The summed E-state index contributed by atoms with van der Waals surface area (Å²) in [6, 6.07) is 13.6. The molecular formula is C17H16FNO3. The van der Waals surface area contributed by atoms with Crippen LogP contribution in [0, 0.1) is 5.82 Å². The number of aliphatic carboxylic acids is 1. The van der Waals surface area contributed by atoms with Crippen molar-refractivity contribution < 1.29 is 19.1 Å². The van der Waals surface area contributed by atoms with Gasteiger partial charge in [0.1, 0.15) is 5.82 Å². The number of ketones is 1. The zero-order chi connectivity index (χ0) is 15.9. The van der Waals surface area contributed by atoms with E-state index in [4.69, 9.17) is 5.11 Å².